The molecule has 0 spiro atoms. The van der Waals surface area contributed by atoms with E-state index in [0.717, 1.165) is 59.0 Å². The van der Waals surface area contributed by atoms with Crippen LogP contribution in [0, 0.1) is 0 Å². The van der Waals surface area contributed by atoms with Crippen molar-refractivity contribution in [2.45, 2.75) is 24.7 Å². The number of fused-ring (bicyclic) bond motifs is 2. The van der Waals surface area contributed by atoms with Crippen LogP contribution >= 0.6 is 0 Å². The first-order valence-electron chi connectivity index (χ1n) is 10.6. The van der Waals surface area contributed by atoms with Gasteiger partial charge >= 0.3 is 0 Å². The van der Waals surface area contributed by atoms with Gasteiger partial charge in [0.15, 0.2) is 0 Å². The fraction of sp³-hybridized carbons (Fsp3) is 0.364. The zero-order chi connectivity index (χ0) is 21.6. The van der Waals surface area contributed by atoms with Crippen molar-refractivity contribution in [1.29, 1.82) is 0 Å². The second-order valence-corrected chi connectivity index (χ2v) is 9.80. The Balaban J connectivity index is 1.54. The molecule has 1 aromatic heterocycles. The average molecular weight is 440 g/mol. The van der Waals surface area contributed by atoms with Gasteiger partial charge in [0, 0.05) is 49.9 Å². The molecule has 1 N–H and O–H groups in total. The Labute approximate surface area is 181 Å². The quantitative estimate of drug-likeness (QED) is 0.672. The van der Waals surface area contributed by atoms with Crippen LogP contribution in [0.3, 0.4) is 0 Å². The molecule has 8 nitrogen and oxygen atoms in total. The summed E-state index contributed by atoms with van der Waals surface area (Å²) in [4.78, 5) is 15.9. The monoisotopic (exact) mass is 439 g/mol. The van der Waals surface area contributed by atoms with E-state index in [1.165, 1.54) is 6.92 Å². The van der Waals surface area contributed by atoms with Crippen LogP contribution in [0.5, 0.6) is 0 Å². The standard InChI is InChI=1S/C22H25N5O3S/c1-16(28)26-11-7-17-13-20(5-6-21(17)26)31(29,30)27-22-14-19(4-3-18(22)15-24-27)25-10-2-8-23-9-12-25/h3-6,13-15,23H,2,7-12H2,1H3. The zero-order valence-electron chi connectivity index (χ0n) is 17.4. The number of anilines is 2. The maximum atomic E-state index is 13.5. The lowest BCUT2D eigenvalue weighted by Gasteiger charge is -2.22. The molecule has 2 aliphatic rings. The Morgan fingerprint density at radius 2 is 1.94 bits per heavy atom. The second kappa shape index (κ2) is 7.65. The van der Waals surface area contributed by atoms with E-state index >= 15 is 0 Å². The highest BCUT2D eigenvalue weighted by Crippen LogP contribution is 2.32. The summed E-state index contributed by atoms with van der Waals surface area (Å²) in [5.74, 6) is -0.0383. The number of hydrogen-bond acceptors (Lipinski definition) is 6. The highest BCUT2D eigenvalue weighted by atomic mass is 32.2. The molecule has 0 aliphatic carbocycles. The van der Waals surface area contributed by atoms with Gasteiger partial charge in [-0.1, -0.05) is 0 Å². The number of aromatic nitrogens is 2. The Hall–Kier alpha value is -2.91. The van der Waals surface area contributed by atoms with Crippen molar-refractivity contribution in [3.63, 3.8) is 0 Å². The summed E-state index contributed by atoms with van der Waals surface area (Å²) in [7, 11) is -3.86. The van der Waals surface area contributed by atoms with Gasteiger partial charge in [-0.25, -0.2) is 0 Å². The van der Waals surface area contributed by atoms with Crippen molar-refractivity contribution in [3.05, 3.63) is 48.2 Å². The summed E-state index contributed by atoms with van der Waals surface area (Å²) in [6, 6.07) is 10.8. The lowest BCUT2D eigenvalue weighted by molar-refractivity contribution is -0.116. The van der Waals surface area contributed by atoms with Crippen LogP contribution < -0.4 is 15.1 Å². The third kappa shape index (κ3) is 3.47. The number of amides is 1. The van der Waals surface area contributed by atoms with Gasteiger partial charge in [-0.3, -0.25) is 4.79 Å². The van der Waals surface area contributed by atoms with Gasteiger partial charge < -0.3 is 15.1 Å². The summed E-state index contributed by atoms with van der Waals surface area (Å²) < 4.78 is 28.1. The highest BCUT2D eigenvalue weighted by Gasteiger charge is 2.27. The minimum atomic E-state index is -3.86. The number of carbonyl (C=O) groups is 1. The van der Waals surface area contributed by atoms with Gasteiger partial charge in [-0.15, -0.1) is 0 Å². The molecule has 162 valence electrons. The van der Waals surface area contributed by atoms with E-state index in [1.54, 1.807) is 29.3 Å². The number of rotatable bonds is 3. The summed E-state index contributed by atoms with van der Waals surface area (Å²) in [5, 5.41) is 8.39. The SMILES string of the molecule is CC(=O)N1CCc2cc(S(=O)(=O)n3ncc4ccc(N5CCCNCC5)cc43)ccc21. The number of benzene rings is 2. The molecule has 1 fully saturated rings. The van der Waals surface area contributed by atoms with E-state index in [0.29, 0.717) is 18.5 Å². The van der Waals surface area contributed by atoms with Gasteiger partial charge in [0.05, 0.1) is 16.6 Å². The molecular formula is C22H25N5O3S. The van der Waals surface area contributed by atoms with E-state index in [-0.39, 0.29) is 10.8 Å². The summed E-state index contributed by atoms with van der Waals surface area (Å²) in [6.45, 7) is 5.80. The van der Waals surface area contributed by atoms with Crippen molar-refractivity contribution in [3.8, 4) is 0 Å². The van der Waals surface area contributed by atoms with Crippen LogP contribution in [-0.2, 0) is 21.2 Å². The molecule has 0 bridgehead atoms. The minimum Gasteiger partial charge on any atom is -0.370 e. The topological polar surface area (TPSA) is 87.5 Å². The van der Waals surface area contributed by atoms with Crippen LogP contribution in [0.15, 0.2) is 47.5 Å². The lowest BCUT2D eigenvalue weighted by atomic mass is 10.2. The Morgan fingerprint density at radius 3 is 2.77 bits per heavy atom. The molecule has 2 aromatic carbocycles. The first-order chi connectivity index (χ1) is 14.9. The van der Waals surface area contributed by atoms with Crippen LogP contribution in [0.4, 0.5) is 11.4 Å². The number of carbonyl (C=O) groups excluding carboxylic acids is 1. The van der Waals surface area contributed by atoms with Crippen LogP contribution in [0.2, 0.25) is 0 Å². The normalized spacial score (nSPS) is 17.1. The maximum absolute atomic E-state index is 13.5. The largest absolute Gasteiger partial charge is 0.370 e. The first kappa shape index (κ1) is 20.0. The molecule has 5 rings (SSSR count). The molecule has 2 aliphatic heterocycles. The molecular weight excluding hydrogens is 414 g/mol. The van der Waals surface area contributed by atoms with Crippen molar-refractivity contribution in [1.82, 2.24) is 14.5 Å². The van der Waals surface area contributed by atoms with E-state index in [1.807, 2.05) is 18.2 Å². The van der Waals surface area contributed by atoms with Crippen molar-refractivity contribution < 1.29 is 13.2 Å². The highest BCUT2D eigenvalue weighted by molar-refractivity contribution is 7.90. The fourth-order valence-corrected chi connectivity index (χ4v) is 5.76. The first-order valence-corrected chi connectivity index (χ1v) is 12.0. The lowest BCUT2D eigenvalue weighted by Crippen LogP contribution is -2.27. The number of nitrogens with zero attached hydrogens (tertiary/aromatic N) is 4. The zero-order valence-corrected chi connectivity index (χ0v) is 18.2. The maximum Gasteiger partial charge on any atom is 0.283 e. The fourth-order valence-electron chi connectivity index (χ4n) is 4.44. The van der Waals surface area contributed by atoms with E-state index in [2.05, 4.69) is 15.3 Å². The molecule has 9 heteroatoms. The third-order valence-electron chi connectivity index (χ3n) is 6.08. The molecule has 3 heterocycles. The Kier molecular flexibility index (Phi) is 4.94. The molecule has 31 heavy (non-hydrogen) atoms. The van der Waals surface area contributed by atoms with Crippen molar-refractivity contribution >= 4 is 38.2 Å². The van der Waals surface area contributed by atoms with E-state index in [4.69, 9.17) is 0 Å². The smallest absolute Gasteiger partial charge is 0.283 e. The average Bonchev–Trinajstić information content (AvgIpc) is 3.28. The van der Waals surface area contributed by atoms with Gasteiger partial charge in [-0.05, 0) is 61.3 Å². The van der Waals surface area contributed by atoms with Crippen LogP contribution in [0.1, 0.15) is 18.9 Å². The number of nitrogens with one attached hydrogen (secondary N) is 1. The van der Waals surface area contributed by atoms with E-state index < -0.39 is 10.0 Å². The molecule has 0 radical (unpaired) electrons. The predicted octanol–water partition coefficient (Wildman–Crippen LogP) is 1.98. The predicted molar refractivity (Wildman–Crippen MR) is 120 cm³/mol. The molecule has 0 saturated carbocycles. The Morgan fingerprint density at radius 1 is 1.06 bits per heavy atom. The molecule has 1 saturated heterocycles. The van der Waals surface area contributed by atoms with Gasteiger partial charge in [0.1, 0.15) is 0 Å². The van der Waals surface area contributed by atoms with Crippen LogP contribution in [0.25, 0.3) is 10.9 Å². The molecule has 0 unspecified atom stereocenters. The van der Waals surface area contributed by atoms with E-state index in [9.17, 15) is 13.2 Å². The molecule has 3 aromatic rings. The number of hydrogen-bond donors (Lipinski definition) is 1. The van der Waals surface area contributed by atoms with Gasteiger partial charge in [-0.2, -0.15) is 17.6 Å². The summed E-state index contributed by atoms with van der Waals surface area (Å²) in [5.41, 5.74) is 3.22. The summed E-state index contributed by atoms with van der Waals surface area (Å²) >= 11 is 0. The second-order valence-electron chi connectivity index (χ2n) is 8.04. The summed E-state index contributed by atoms with van der Waals surface area (Å²) in [6.07, 6.45) is 3.28. The third-order valence-corrected chi connectivity index (χ3v) is 7.68. The molecule has 0 atom stereocenters. The van der Waals surface area contributed by atoms with Crippen molar-refractivity contribution in [2.24, 2.45) is 0 Å². The van der Waals surface area contributed by atoms with Crippen LogP contribution in [-0.4, -0.2) is 56.2 Å². The molecule has 1 amide bonds. The van der Waals surface area contributed by atoms with Gasteiger partial charge in [0.25, 0.3) is 10.0 Å². The Bertz CT molecular complexity index is 1260. The minimum absolute atomic E-state index is 0.0383. The van der Waals surface area contributed by atoms with Crippen molar-refractivity contribution in [2.75, 3.05) is 42.5 Å². The van der Waals surface area contributed by atoms with Gasteiger partial charge in [0.2, 0.25) is 5.91 Å².